The quantitative estimate of drug-likeness (QED) is 0.678. The topological polar surface area (TPSA) is 69.0 Å². The van der Waals surface area contributed by atoms with Gasteiger partial charge in [0.25, 0.3) is 0 Å². The van der Waals surface area contributed by atoms with E-state index in [1.54, 1.807) is 11.8 Å². The standard InChI is InChI=1S/C20H22N4O2/c1-26-19-10-7-16(8-11-19)9-12-20(25)21-13-18-15-24(23-22-18)14-17-5-3-2-4-6-17/h2-8,10-11,15H,9,12-14H2,1H3,(H,21,25). The van der Waals surface area contributed by atoms with Crippen molar-refractivity contribution in [3.63, 3.8) is 0 Å². The first kappa shape index (κ1) is 17.7. The van der Waals surface area contributed by atoms with Crippen molar-refractivity contribution in [2.24, 2.45) is 0 Å². The van der Waals surface area contributed by atoms with E-state index in [1.165, 1.54) is 0 Å². The van der Waals surface area contributed by atoms with Gasteiger partial charge in [-0.1, -0.05) is 47.7 Å². The van der Waals surface area contributed by atoms with Crippen LogP contribution in [0.2, 0.25) is 0 Å². The molecule has 0 saturated carbocycles. The molecule has 26 heavy (non-hydrogen) atoms. The van der Waals surface area contributed by atoms with Crippen LogP contribution in [0.15, 0.2) is 60.8 Å². The maximum Gasteiger partial charge on any atom is 0.220 e. The van der Waals surface area contributed by atoms with E-state index in [1.807, 2.05) is 60.8 Å². The Morgan fingerprint density at radius 2 is 1.85 bits per heavy atom. The number of carbonyl (C=O) groups is 1. The minimum atomic E-state index is -0.00146. The van der Waals surface area contributed by atoms with Gasteiger partial charge in [0.1, 0.15) is 11.4 Å². The summed E-state index contributed by atoms with van der Waals surface area (Å²) in [7, 11) is 1.64. The van der Waals surface area contributed by atoms with Crippen LogP contribution in [-0.2, 0) is 24.3 Å². The Morgan fingerprint density at radius 3 is 2.58 bits per heavy atom. The number of aromatic nitrogens is 3. The molecule has 0 spiro atoms. The van der Waals surface area contributed by atoms with Crippen LogP contribution in [0.5, 0.6) is 5.75 Å². The van der Waals surface area contributed by atoms with Gasteiger partial charge in [-0.2, -0.15) is 0 Å². The molecule has 0 aliphatic heterocycles. The van der Waals surface area contributed by atoms with Crippen LogP contribution < -0.4 is 10.1 Å². The third-order valence-corrected chi connectivity index (χ3v) is 4.04. The van der Waals surface area contributed by atoms with E-state index < -0.39 is 0 Å². The number of nitrogens with zero attached hydrogens (tertiary/aromatic N) is 3. The summed E-state index contributed by atoms with van der Waals surface area (Å²) in [6.45, 7) is 1.05. The second-order valence-corrected chi connectivity index (χ2v) is 6.02. The van der Waals surface area contributed by atoms with Crippen LogP contribution in [0.3, 0.4) is 0 Å². The molecule has 0 unspecified atom stereocenters. The molecule has 0 atom stereocenters. The van der Waals surface area contributed by atoms with Gasteiger partial charge in [-0.05, 0) is 29.7 Å². The average Bonchev–Trinajstić information content (AvgIpc) is 3.13. The van der Waals surface area contributed by atoms with Crippen molar-refractivity contribution < 1.29 is 9.53 Å². The molecular formula is C20H22N4O2. The predicted octanol–water partition coefficient (Wildman–Crippen LogP) is 2.58. The summed E-state index contributed by atoms with van der Waals surface area (Å²) < 4.78 is 6.90. The van der Waals surface area contributed by atoms with Crippen molar-refractivity contribution in [3.8, 4) is 5.75 Å². The Labute approximate surface area is 152 Å². The first-order valence-corrected chi connectivity index (χ1v) is 8.55. The van der Waals surface area contributed by atoms with E-state index in [0.29, 0.717) is 25.9 Å². The Hall–Kier alpha value is -3.15. The minimum Gasteiger partial charge on any atom is -0.497 e. The molecule has 2 aromatic carbocycles. The SMILES string of the molecule is COc1ccc(CCC(=O)NCc2cn(Cc3ccccc3)nn2)cc1. The van der Waals surface area contributed by atoms with Crippen LogP contribution in [0, 0.1) is 0 Å². The molecule has 3 rings (SSSR count). The summed E-state index contributed by atoms with van der Waals surface area (Å²) in [6, 6.07) is 17.8. The number of nitrogens with one attached hydrogen (secondary N) is 1. The van der Waals surface area contributed by atoms with Crippen molar-refractivity contribution in [1.82, 2.24) is 20.3 Å². The second-order valence-electron chi connectivity index (χ2n) is 6.02. The molecule has 1 heterocycles. The van der Waals surface area contributed by atoms with Gasteiger partial charge in [0, 0.05) is 6.42 Å². The molecule has 1 amide bonds. The summed E-state index contributed by atoms with van der Waals surface area (Å²) in [5.41, 5.74) is 3.01. The lowest BCUT2D eigenvalue weighted by molar-refractivity contribution is -0.121. The van der Waals surface area contributed by atoms with Gasteiger partial charge < -0.3 is 10.1 Å². The summed E-state index contributed by atoms with van der Waals surface area (Å²) in [5.74, 6) is 0.815. The largest absolute Gasteiger partial charge is 0.497 e. The van der Waals surface area contributed by atoms with E-state index in [0.717, 1.165) is 22.6 Å². The molecule has 0 fully saturated rings. The molecule has 134 valence electrons. The fourth-order valence-corrected chi connectivity index (χ4v) is 2.59. The van der Waals surface area contributed by atoms with Crippen LogP contribution in [-0.4, -0.2) is 28.0 Å². The number of methoxy groups -OCH3 is 1. The third-order valence-electron chi connectivity index (χ3n) is 4.04. The van der Waals surface area contributed by atoms with Crippen molar-refractivity contribution in [2.45, 2.75) is 25.9 Å². The van der Waals surface area contributed by atoms with Gasteiger partial charge in [0.2, 0.25) is 5.91 Å². The first-order chi connectivity index (χ1) is 12.7. The Bertz CT molecular complexity index is 829. The maximum atomic E-state index is 12.0. The first-order valence-electron chi connectivity index (χ1n) is 8.55. The molecule has 0 aliphatic rings. The summed E-state index contributed by atoms with van der Waals surface area (Å²) in [6.07, 6.45) is 2.98. The van der Waals surface area contributed by atoms with Crippen LogP contribution in [0.4, 0.5) is 0 Å². The number of amides is 1. The smallest absolute Gasteiger partial charge is 0.220 e. The van der Waals surface area contributed by atoms with Crippen molar-refractivity contribution in [1.29, 1.82) is 0 Å². The van der Waals surface area contributed by atoms with Gasteiger partial charge >= 0.3 is 0 Å². The van der Waals surface area contributed by atoms with Gasteiger partial charge in [-0.15, -0.1) is 5.10 Å². The second kappa shape index (κ2) is 8.80. The molecule has 1 aromatic heterocycles. The molecule has 0 radical (unpaired) electrons. The van der Waals surface area contributed by atoms with Crippen LogP contribution in [0.1, 0.15) is 23.2 Å². The Balaban J connectivity index is 1.42. The number of carbonyl (C=O) groups excluding carboxylic acids is 1. The highest BCUT2D eigenvalue weighted by Gasteiger charge is 2.06. The van der Waals surface area contributed by atoms with Gasteiger partial charge in [0.15, 0.2) is 0 Å². The highest BCUT2D eigenvalue weighted by atomic mass is 16.5. The highest BCUT2D eigenvalue weighted by Crippen LogP contribution is 2.12. The fraction of sp³-hybridized carbons (Fsp3) is 0.250. The number of hydrogen-bond donors (Lipinski definition) is 1. The van der Waals surface area contributed by atoms with E-state index in [-0.39, 0.29) is 5.91 Å². The van der Waals surface area contributed by atoms with E-state index in [4.69, 9.17) is 4.74 Å². The highest BCUT2D eigenvalue weighted by molar-refractivity contribution is 5.76. The van der Waals surface area contributed by atoms with E-state index in [2.05, 4.69) is 15.6 Å². The predicted molar refractivity (Wildman–Crippen MR) is 98.7 cm³/mol. The number of benzene rings is 2. The molecule has 0 aliphatic carbocycles. The molecule has 6 heteroatoms. The monoisotopic (exact) mass is 350 g/mol. The van der Waals surface area contributed by atoms with E-state index >= 15 is 0 Å². The normalized spacial score (nSPS) is 10.5. The molecule has 0 bridgehead atoms. The fourth-order valence-electron chi connectivity index (χ4n) is 2.59. The molecule has 6 nitrogen and oxygen atoms in total. The van der Waals surface area contributed by atoms with Crippen molar-refractivity contribution in [2.75, 3.05) is 7.11 Å². The van der Waals surface area contributed by atoms with Gasteiger partial charge in [-0.3, -0.25) is 4.79 Å². The van der Waals surface area contributed by atoms with E-state index in [9.17, 15) is 4.79 Å². The summed E-state index contributed by atoms with van der Waals surface area (Å²) in [5, 5.41) is 11.1. The van der Waals surface area contributed by atoms with Gasteiger partial charge in [0.05, 0.1) is 26.4 Å². The lowest BCUT2D eigenvalue weighted by Gasteiger charge is -2.04. The maximum absolute atomic E-state index is 12.0. The number of hydrogen-bond acceptors (Lipinski definition) is 4. The zero-order valence-corrected chi connectivity index (χ0v) is 14.8. The molecule has 3 aromatic rings. The third kappa shape index (κ3) is 5.17. The summed E-state index contributed by atoms with van der Waals surface area (Å²) >= 11 is 0. The lowest BCUT2D eigenvalue weighted by atomic mass is 10.1. The van der Waals surface area contributed by atoms with Crippen molar-refractivity contribution >= 4 is 5.91 Å². The zero-order chi connectivity index (χ0) is 18.2. The Kier molecular flexibility index (Phi) is 5.98. The molecule has 1 N–H and O–H groups in total. The number of rotatable bonds is 8. The average molecular weight is 350 g/mol. The van der Waals surface area contributed by atoms with Crippen LogP contribution in [0.25, 0.3) is 0 Å². The summed E-state index contributed by atoms with van der Waals surface area (Å²) in [4.78, 5) is 12.0. The van der Waals surface area contributed by atoms with Crippen molar-refractivity contribution in [3.05, 3.63) is 77.6 Å². The number of ether oxygens (including phenoxy) is 1. The lowest BCUT2D eigenvalue weighted by Crippen LogP contribution is -2.23. The molecular weight excluding hydrogens is 328 g/mol. The van der Waals surface area contributed by atoms with Crippen LogP contribution >= 0.6 is 0 Å². The Morgan fingerprint density at radius 1 is 1.08 bits per heavy atom. The van der Waals surface area contributed by atoms with Gasteiger partial charge in [-0.25, -0.2) is 4.68 Å². The molecule has 0 saturated heterocycles. The zero-order valence-electron chi connectivity index (χ0n) is 14.8. The number of aryl methyl sites for hydroxylation is 1. The minimum absolute atomic E-state index is 0.00146.